The van der Waals surface area contributed by atoms with Crippen molar-refractivity contribution < 1.29 is 9.53 Å². The monoisotopic (exact) mass is 283 g/mol. The third-order valence-electron chi connectivity index (χ3n) is 4.60. The van der Waals surface area contributed by atoms with Gasteiger partial charge >= 0.3 is 5.97 Å². The van der Waals surface area contributed by atoms with Gasteiger partial charge in [0.2, 0.25) is 0 Å². The average Bonchev–Trinajstić information content (AvgIpc) is 3.20. The molecule has 0 spiro atoms. The van der Waals surface area contributed by atoms with Crippen LogP contribution in [0.4, 0.5) is 0 Å². The Balaban J connectivity index is 1.89. The number of piperazine rings is 1. The molecule has 2 unspecified atom stereocenters. The minimum Gasteiger partial charge on any atom is -0.468 e. The molecule has 5 heteroatoms. The third-order valence-corrected chi connectivity index (χ3v) is 4.60. The maximum atomic E-state index is 12.1. The van der Waals surface area contributed by atoms with Gasteiger partial charge in [-0.15, -0.1) is 0 Å². The SMILES string of the molecule is COC(=O)C(C)(CCN1CCN(C)CC1C)NC1CC1. The number of rotatable bonds is 6. The Hall–Kier alpha value is -0.650. The normalized spacial score (nSPS) is 28.1. The molecule has 1 aliphatic carbocycles. The Morgan fingerprint density at radius 1 is 1.40 bits per heavy atom. The molecule has 0 aromatic rings. The summed E-state index contributed by atoms with van der Waals surface area (Å²) in [5.41, 5.74) is -0.543. The number of likely N-dealkylation sites (N-methyl/N-ethyl adjacent to an activating group) is 1. The molecule has 2 rings (SSSR count). The second-order valence-electron chi connectivity index (χ2n) is 6.64. The number of nitrogens with one attached hydrogen (secondary N) is 1. The van der Waals surface area contributed by atoms with Gasteiger partial charge in [-0.1, -0.05) is 0 Å². The van der Waals surface area contributed by atoms with Gasteiger partial charge in [-0.05, 0) is 40.2 Å². The van der Waals surface area contributed by atoms with E-state index >= 15 is 0 Å². The molecular formula is C15H29N3O2. The van der Waals surface area contributed by atoms with Crippen molar-refractivity contribution in [3.05, 3.63) is 0 Å². The zero-order valence-corrected chi connectivity index (χ0v) is 13.3. The molecule has 0 bridgehead atoms. The van der Waals surface area contributed by atoms with Gasteiger partial charge in [0.1, 0.15) is 5.54 Å². The minimum absolute atomic E-state index is 0.133. The summed E-state index contributed by atoms with van der Waals surface area (Å²) >= 11 is 0. The van der Waals surface area contributed by atoms with E-state index in [0.717, 1.165) is 32.6 Å². The van der Waals surface area contributed by atoms with Gasteiger partial charge in [0.25, 0.3) is 0 Å². The van der Waals surface area contributed by atoms with Crippen molar-refractivity contribution in [1.82, 2.24) is 15.1 Å². The second kappa shape index (κ2) is 6.41. The Morgan fingerprint density at radius 2 is 2.10 bits per heavy atom. The van der Waals surface area contributed by atoms with Crippen LogP contribution in [0, 0.1) is 0 Å². The quantitative estimate of drug-likeness (QED) is 0.727. The highest BCUT2D eigenvalue weighted by molar-refractivity contribution is 5.80. The Labute approximate surface area is 122 Å². The zero-order chi connectivity index (χ0) is 14.8. The molecule has 1 aliphatic heterocycles. The second-order valence-corrected chi connectivity index (χ2v) is 6.64. The Kier molecular flexibility index (Phi) is 5.04. The van der Waals surface area contributed by atoms with E-state index in [-0.39, 0.29) is 5.97 Å². The number of hydrogen-bond acceptors (Lipinski definition) is 5. The van der Waals surface area contributed by atoms with Crippen LogP contribution in [0.15, 0.2) is 0 Å². The van der Waals surface area contributed by atoms with E-state index in [2.05, 4.69) is 29.1 Å². The molecule has 2 fully saturated rings. The standard InChI is InChI=1S/C15H29N3O2/c1-12-11-17(3)9-10-18(12)8-7-15(2,14(19)20-4)16-13-5-6-13/h12-13,16H,5-11H2,1-4H3. The molecule has 0 aromatic carbocycles. The maximum absolute atomic E-state index is 12.1. The molecule has 1 saturated carbocycles. The topological polar surface area (TPSA) is 44.8 Å². The van der Waals surface area contributed by atoms with Crippen LogP contribution < -0.4 is 5.32 Å². The number of carbonyl (C=O) groups excluding carboxylic acids is 1. The number of esters is 1. The van der Waals surface area contributed by atoms with Crippen LogP contribution in [0.25, 0.3) is 0 Å². The summed E-state index contributed by atoms with van der Waals surface area (Å²) in [6.07, 6.45) is 3.17. The van der Waals surface area contributed by atoms with Gasteiger partial charge in [0, 0.05) is 38.3 Å². The Bertz CT molecular complexity index is 346. The van der Waals surface area contributed by atoms with Crippen molar-refractivity contribution in [2.45, 2.75) is 50.7 Å². The summed E-state index contributed by atoms with van der Waals surface area (Å²) in [5.74, 6) is -0.133. The van der Waals surface area contributed by atoms with E-state index in [1.165, 1.54) is 20.0 Å². The molecule has 0 aromatic heterocycles. The van der Waals surface area contributed by atoms with Crippen LogP contribution in [-0.2, 0) is 9.53 Å². The van der Waals surface area contributed by atoms with Crippen molar-refractivity contribution >= 4 is 5.97 Å². The van der Waals surface area contributed by atoms with Crippen LogP contribution in [0.1, 0.15) is 33.1 Å². The van der Waals surface area contributed by atoms with Gasteiger partial charge in [-0.25, -0.2) is 0 Å². The predicted molar refractivity (Wildman–Crippen MR) is 79.7 cm³/mol. The zero-order valence-electron chi connectivity index (χ0n) is 13.3. The first kappa shape index (κ1) is 15.7. The van der Waals surface area contributed by atoms with Gasteiger partial charge in [-0.3, -0.25) is 15.0 Å². The molecule has 20 heavy (non-hydrogen) atoms. The highest BCUT2D eigenvalue weighted by Crippen LogP contribution is 2.25. The summed E-state index contributed by atoms with van der Waals surface area (Å²) in [6.45, 7) is 8.48. The van der Waals surface area contributed by atoms with Gasteiger partial charge in [0.15, 0.2) is 0 Å². The molecule has 0 radical (unpaired) electrons. The van der Waals surface area contributed by atoms with Crippen LogP contribution in [0.5, 0.6) is 0 Å². The smallest absolute Gasteiger partial charge is 0.325 e. The lowest BCUT2D eigenvalue weighted by Gasteiger charge is -2.40. The molecule has 0 amide bonds. The molecule has 2 atom stereocenters. The first-order chi connectivity index (χ1) is 9.44. The van der Waals surface area contributed by atoms with Crippen LogP contribution in [-0.4, -0.2) is 73.7 Å². The lowest BCUT2D eigenvalue weighted by molar-refractivity contribution is -0.148. The van der Waals surface area contributed by atoms with Gasteiger partial charge in [-0.2, -0.15) is 0 Å². The molecule has 116 valence electrons. The first-order valence-corrected chi connectivity index (χ1v) is 7.73. The Morgan fingerprint density at radius 3 is 2.65 bits per heavy atom. The summed E-state index contributed by atoms with van der Waals surface area (Å²) in [5, 5.41) is 3.47. The molecule has 1 N–H and O–H groups in total. The number of methoxy groups -OCH3 is 1. The minimum atomic E-state index is -0.543. The van der Waals surface area contributed by atoms with Crippen molar-refractivity contribution in [1.29, 1.82) is 0 Å². The molecule has 5 nitrogen and oxygen atoms in total. The third kappa shape index (κ3) is 3.93. The van der Waals surface area contributed by atoms with Gasteiger partial charge < -0.3 is 9.64 Å². The molecular weight excluding hydrogens is 254 g/mol. The van der Waals surface area contributed by atoms with Crippen LogP contribution in [0.2, 0.25) is 0 Å². The number of nitrogens with zero attached hydrogens (tertiary/aromatic N) is 2. The number of hydrogen-bond donors (Lipinski definition) is 1. The number of carbonyl (C=O) groups is 1. The van der Waals surface area contributed by atoms with Crippen molar-refractivity contribution in [2.24, 2.45) is 0 Å². The van der Waals surface area contributed by atoms with E-state index < -0.39 is 5.54 Å². The van der Waals surface area contributed by atoms with E-state index in [4.69, 9.17) is 4.74 Å². The van der Waals surface area contributed by atoms with Crippen molar-refractivity contribution in [3.63, 3.8) is 0 Å². The first-order valence-electron chi connectivity index (χ1n) is 7.73. The maximum Gasteiger partial charge on any atom is 0.325 e. The van der Waals surface area contributed by atoms with E-state index in [0.29, 0.717) is 12.1 Å². The highest BCUT2D eigenvalue weighted by atomic mass is 16.5. The van der Waals surface area contributed by atoms with Crippen molar-refractivity contribution in [3.8, 4) is 0 Å². The van der Waals surface area contributed by atoms with E-state index in [1.807, 2.05) is 6.92 Å². The molecule has 2 aliphatic rings. The average molecular weight is 283 g/mol. The predicted octanol–water partition coefficient (Wildman–Crippen LogP) is 0.696. The molecule has 1 saturated heterocycles. The van der Waals surface area contributed by atoms with E-state index in [1.54, 1.807) is 0 Å². The summed E-state index contributed by atoms with van der Waals surface area (Å²) in [6, 6.07) is 1.06. The summed E-state index contributed by atoms with van der Waals surface area (Å²) < 4.78 is 5.00. The fourth-order valence-electron chi connectivity index (χ4n) is 3.01. The highest BCUT2D eigenvalue weighted by Gasteiger charge is 2.39. The lowest BCUT2D eigenvalue weighted by Crippen LogP contribution is -2.56. The summed E-state index contributed by atoms with van der Waals surface area (Å²) in [4.78, 5) is 16.9. The largest absolute Gasteiger partial charge is 0.468 e. The van der Waals surface area contributed by atoms with Gasteiger partial charge in [0.05, 0.1) is 7.11 Å². The molecule has 1 heterocycles. The summed E-state index contributed by atoms with van der Waals surface area (Å²) in [7, 11) is 3.65. The van der Waals surface area contributed by atoms with Crippen LogP contribution >= 0.6 is 0 Å². The van der Waals surface area contributed by atoms with E-state index in [9.17, 15) is 4.79 Å². The lowest BCUT2D eigenvalue weighted by atomic mass is 9.96. The fourth-order valence-corrected chi connectivity index (χ4v) is 3.01. The number of ether oxygens (including phenoxy) is 1. The fraction of sp³-hybridized carbons (Fsp3) is 0.933. The van der Waals surface area contributed by atoms with Crippen molar-refractivity contribution in [2.75, 3.05) is 40.3 Å². The van der Waals surface area contributed by atoms with Crippen LogP contribution in [0.3, 0.4) is 0 Å².